The predicted molar refractivity (Wildman–Crippen MR) is 58.8 cm³/mol. The second-order valence-corrected chi connectivity index (χ2v) is 4.75. The van der Waals surface area contributed by atoms with Crippen LogP contribution in [0.2, 0.25) is 0 Å². The Balaban J connectivity index is 2.38. The smallest absolute Gasteiger partial charge is 0.321 e. The first-order chi connectivity index (χ1) is 6.95. The van der Waals surface area contributed by atoms with Gasteiger partial charge in [0.15, 0.2) is 0 Å². The van der Waals surface area contributed by atoms with Crippen molar-refractivity contribution in [3.05, 3.63) is 0 Å². The van der Waals surface area contributed by atoms with Crippen LogP contribution in [0.3, 0.4) is 0 Å². The van der Waals surface area contributed by atoms with Crippen LogP contribution in [0.15, 0.2) is 0 Å². The molecule has 4 nitrogen and oxygen atoms in total. The van der Waals surface area contributed by atoms with Gasteiger partial charge in [-0.15, -0.1) is 11.6 Å². The molecule has 2 N–H and O–H groups in total. The number of carbonyl (C=O) groups excluding carboxylic acids is 2. The molecule has 3 amide bonds. The minimum atomic E-state index is -0.474. The molecule has 1 aliphatic rings. The summed E-state index contributed by atoms with van der Waals surface area (Å²) in [6.07, 6.45) is 3.49. The number of halogens is 1. The molecule has 0 bridgehead atoms. The molecule has 0 aliphatic heterocycles. The standard InChI is InChI=1S/C10H17ClN2O2/c1-10(2,7-4-3-5-7)13-9(15)12-8(14)6-11/h7H,3-6H2,1-2H3,(H2,12,13,14,15). The monoisotopic (exact) mass is 232 g/mol. The highest BCUT2D eigenvalue weighted by molar-refractivity contribution is 6.28. The first-order valence-corrected chi connectivity index (χ1v) is 5.67. The molecular formula is C10H17ClN2O2. The van der Waals surface area contributed by atoms with Crippen LogP contribution in [0.25, 0.3) is 0 Å². The van der Waals surface area contributed by atoms with Crippen molar-refractivity contribution in [1.29, 1.82) is 0 Å². The van der Waals surface area contributed by atoms with Gasteiger partial charge in [-0.2, -0.15) is 0 Å². The first kappa shape index (κ1) is 12.3. The molecule has 15 heavy (non-hydrogen) atoms. The topological polar surface area (TPSA) is 58.2 Å². The van der Waals surface area contributed by atoms with Crippen LogP contribution in [0.5, 0.6) is 0 Å². The summed E-state index contributed by atoms with van der Waals surface area (Å²) >= 11 is 5.28. The maximum atomic E-state index is 11.4. The number of urea groups is 1. The van der Waals surface area contributed by atoms with Gasteiger partial charge in [0.05, 0.1) is 0 Å². The molecule has 0 unspecified atom stereocenters. The summed E-state index contributed by atoms with van der Waals surface area (Å²) in [6.45, 7) is 3.95. The number of hydrogen-bond donors (Lipinski definition) is 2. The van der Waals surface area contributed by atoms with E-state index in [0.29, 0.717) is 5.92 Å². The van der Waals surface area contributed by atoms with Crippen LogP contribution >= 0.6 is 11.6 Å². The highest BCUT2D eigenvalue weighted by Crippen LogP contribution is 2.35. The van der Waals surface area contributed by atoms with Gasteiger partial charge in [0, 0.05) is 5.54 Å². The molecule has 0 saturated heterocycles. The number of carbonyl (C=O) groups is 2. The van der Waals surface area contributed by atoms with Gasteiger partial charge in [0.1, 0.15) is 5.88 Å². The molecule has 0 heterocycles. The summed E-state index contributed by atoms with van der Waals surface area (Å²) in [5.74, 6) is -0.162. The van der Waals surface area contributed by atoms with Crippen molar-refractivity contribution in [2.45, 2.75) is 38.6 Å². The van der Waals surface area contributed by atoms with Crippen LogP contribution in [-0.2, 0) is 4.79 Å². The zero-order valence-corrected chi connectivity index (χ0v) is 9.86. The van der Waals surface area contributed by atoms with Crippen LogP contribution < -0.4 is 10.6 Å². The lowest BCUT2D eigenvalue weighted by atomic mass is 9.73. The van der Waals surface area contributed by atoms with E-state index >= 15 is 0 Å². The van der Waals surface area contributed by atoms with Gasteiger partial charge in [-0.1, -0.05) is 6.42 Å². The summed E-state index contributed by atoms with van der Waals surface area (Å²) in [5, 5.41) is 4.96. The van der Waals surface area contributed by atoms with Gasteiger partial charge < -0.3 is 5.32 Å². The van der Waals surface area contributed by atoms with Crippen molar-refractivity contribution in [1.82, 2.24) is 10.6 Å². The van der Waals surface area contributed by atoms with Crippen LogP contribution in [0, 0.1) is 5.92 Å². The fourth-order valence-corrected chi connectivity index (χ4v) is 1.78. The van der Waals surface area contributed by atoms with Gasteiger partial charge in [-0.3, -0.25) is 10.1 Å². The van der Waals surface area contributed by atoms with E-state index in [-0.39, 0.29) is 11.4 Å². The van der Waals surface area contributed by atoms with Gasteiger partial charge in [-0.25, -0.2) is 4.79 Å². The second-order valence-electron chi connectivity index (χ2n) is 4.49. The van der Waals surface area contributed by atoms with Crippen LogP contribution in [0.1, 0.15) is 33.1 Å². The average Bonchev–Trinajstić information content (AvgIpc) is 1.97. The van der Waals surface area contributed by atoms with Gasteiger partial charge in [-0.05, 0) is 32.6 Å². The summed E-state index contributed by atoms with van der Waals surface area (Å²) < 4.78 is 0. The van der Waals surface area contributed by atoms with Crippen molar-refractivity contribution in [2.75, 3.05) is 5.88 Å². The second kappa shape index (κ2) is 4.84. The normalized spacial score (nSPS) is 16.7. The highest BCUT2D eigenvalue weighted by atomic mass is 35.5. The van der Waals surface area contributed by atoms with Crippen molar-refractivity contribution >= 4 is 23.5 Å². The van der Waals surface area contributed by atoms with E-state index in [4.69, 9.17) is 11.6 Å². The van der Waals surface area contributed by atoms with Gasteiger partial charge >= 0.3 is 6.03 Å². The molecule has 1 fully saturated rings. The molecule has 0 aromatic rings. The third-order valence-electron chi connectivity index (χ3n) is 2.94. The summed E-state index contributed by atoms with van der Waals surface area (Å²) in [4.78, 5) is 22.2. The number of rotatable bonds is 3. The Morgan fingerprint density at radius 3 is 2.40 bits per heavy atom. The zero-order valence-electron chi connectivity index (χ0n) is 9.10. The molecule has 0 aromatic heterocycles. The summed E-state index contributed by atoms with van der Waals surface area (Å²) in [7, 11) is 0. The minimum absolute atomic E-state index is 0.197. The predicted octanol–water partition coefficient (Wildman–Crippen LogP) is 1.63. The largest absolute Gasteiger partial charge is 0.333 e. The maximum absolute atomic E-state index is 11.4. The van der Waals surface area contributed by atoms with Crippen LogP contribution in [0.4, 0.5) is 4.79 Å². The first-order valence-electron chi connectivity index (χ1n) is 5.13. The molecular weight excluding hydrogens is 216 g/mol. The lowest BCUT2D eigenvalue weighted by molar-refractivity contribution is -0.117. The molecule has 0 atom stereocenters. The lowest BCUT2D eigenvalue weighted by Crippen LogP contribution is -2.55. The number of alkyl halides is 1. The molecule has 86 valence electrons. The van der Waals surface area contributed by atoms with Crippen LogP contribution in [-0.4, -0.2) is 23.4 Å². The molecule has 1 rings (SSSR count). The Kier molecular flexibility index (Phi) is 3.97. The van der Waals surface area contributed by atoms with Gasteiger partial charge in [0.2, 0.25) is 5.91 Å². The SMILES string of the molecule is CC(C)(NC(=O)NC(=O)CCl)C1CCC1. The highest BCUT2D eigenvalue weighted by Gasteiger charge is 2.35. The number of amides is 3. The van der Waals surface area contributed by atoms with E-state index in [9.17, 15) is 9.59 Å². The number of imide groups is 1. The van der Waals surface area contributed by atoms with Crippen molar-refractivity contribution < 1.29 is 9.59 Å². The fraction of sp³-hybridized carbons (Fsp3) is 0.800. The summed E-state index contributed by atoms with van der Waals surface area (Å²) in [6, 6.07) is -0.461. The lowest BCUT2D eigenvalue weighted by Gasteiger charge is -2.40. The third-order valence-corrected chi connectivity index (χ3v) is 3.18. The van der Waals surface area contributed by atoms with Crippen molar-refractivity contribution in [3.63, 3.8) is 0 Å². The number of hydrogen-bond acceptors (Lipinski definition) is 2. The van der Waals surface area contributed by atoms with E-state index in [1.807, 2.05) is 13.8 Å². The van der Waals surface area contributed by atoms with Crippen molar-refractivity contribution in [3.8, 4) is 0 Å². The molecule has 1 aliphatic carbocycles. The Labute approximate surface area is 94.7 Å². The Hall–Kier alpha value is -0.770. The van der Waals surface area contributed by atoms with E-state index in [1.54, 1.807) is 0 Å². The fourth-order valence-electron chi connectivity index (χ4n) is 1.72. The minimum Gasteiger partial charge on any atom is -0.333 e. The van der Waals surface area contributed by atoms with E-state index in [2.05, 4.69) is 10.6 Å². The average molecular weight is 233 g/mol. The van der Waals surface area contributed by atoms with Gasteiger partial charge in [0.25, 0.3) is 0 Å². The Bertz CT molecular complexity index is 262. The molecule has 0 spiro atoms. The zero-order chi connectivity index (χ0) is 11.5. The Morgan fingerprint density at radius 2 is 2.00 bits per heavy atom. The molecule has 1 saturated carbocycles. The number of nitrogens with one attached hydrogen (secondary N) is 2. The molecule has 0 aromatic carbocycles. The molecule has 0 radical (unpaired) electrons. The van der Waals surface area contributed by atoms with E-state index in [0.717, 1.165) is 12.8 Å². The third kappa shape index (κ3) is 3.38. The Morgan fingerprint density at radius 1 is 1.40 bits per heavy atom. The summed E-state index contributed by atoms with van der Waals surface area (Å²) in [5.41, 5.74) is -0.255. The maximum Gasteiger partial charge on any atom is 0.321 e. The van der Waals surface area contributed by atoms with Crippen molar-refractivity contribution in [2.24, 2.45) is 5.92 Å². The molecule has 5 heteroatoms. The quantitative estimate of drug-likeness (QED) is 0.727. The van der Waals surface area contributed by atoms with E-state index < -0.39 is 11.9 Å². The van der Waals surface area contributed by atoms with E-state index in [1.165, 1.54) is 6.42 Å².